The maximum Gasteiger partial charge on any atom is 0.221 e. The summed E-state index contributed by atoms with van der Waals surface area (Å²) in [5.41, 5.74) is 2.73. The smallest absolute Gasteiger partial charge is 0.221 e. The third-order valence-electron chi connectivity index (χ3n) is 2.93. The van der Waals surface area contributed by atoms with E-state index in [2.05, 4.69) is 16.3 Å². The van der Waals surface area contributed by atoms with Crippen LogP contribution in [0.3, 0.4) is 0 Å². The molecule has 1 fully saturated rings. The molecule has 0 aliphatic carbocycles. The van der Waals surface area contributed by atoms with Gasteiger partial charge in [-0.05, 0) is 24.6 Å². The third-order valence-corrected chi connectivity index (χ3v) is 2.93. The number of hydrogen-bond acceptors (Lipinski definition) is 3. The minimum absolute atomic E-state index is 0.0821. The number of nitriles is 1. The summed E-state index contributed by atoms with van der Waals surface area (Å²) < 4.78 is 0. The fraction of sp³-hybridized carbons (Fsp3) is 0.385. The van der Waals surface area contributed by atoms with E-state index in [0.717, 1.165) is 17.8 Å². The van der Waals surface area contributed by atoms with E-state index in [9.17, 15) is 4.79 Å². The Hall–Kier alpha value is -2.02. The minimum Gasteiger partial charge on any atom is -0.368 e. The highest BCUT2D eigenvalue weighted by Crippen LogP contribution is 2.22. The Labute approximate surface area is 101 Å². The van der Waals surface area contributed by atoms with Crippen LogP contribution in [0.25, 0.3) is 0 Å². The van der Waals surface area contributed by atoms with Crippen LogP contribution in [0.15, 0.2) is 18.2 Å². The van der Waals surface area contributed by atoms with Gasteiger partial charge in [-0.25, -0.2) is 0 Å². The van der Waals surface area contributed by atoms with Crippen molar-refractivity contribution < 1.29 is 4.79 Å². The molecule has 1 aliphatic rings. The highest BCUT2D eigenvalue weighted by molar-refractivity contribution is 5.77. The molecule has 1 aromatic rings. The number of carbonyl (C=O) groups is 1. The number of amides is 1. The van der Waals surface area contributed by atoms with E-state index in [4.69, 9.17) is 5.26 Å². The molecule has 1 aromatic carbocycles. The molecule has 0 radical (unpaired) electrons. The van der Waals surface area contributed by atoms with Crippen molar-refractivity contribution in [2.24, 2.45) is 0 Å². The molecule has 1 heterocycles. The van der Waals surface area contributed by atoms with E-state index in [1.165, 1.54) is 0 Å². The second-order valence-electron chi connectivity index (χ2n) is 4.22. The fourth-order valence-corrected chi connectivity index (χ4v) is 2.01. The summed E-state index contributed by atoms with van der Waals surface area (Å²) in [4.78, 5) is 13.4. The van der Waals surface area contributed by atoms with E-state index in [1.807, 2.05) is 25.1 Å². The first-order chi connectivity index (χ1) is 8.20. The molecule has 1 N–H and O–H groups in total. The van der Waals surface area contributed by atoms with Crippen LogP contribution in [0.5, 0.6) is 0 Å². The normalized spacial score (nSPS) is 16.0. The zero-order valence-corrected chi connectivity index (χ0v) is 9.86. The number of rotatable bonds is 1. The quantitative estimate of drug-likeness (QED) is 0.787. The lowest BCUT2D eigenvalue weighted by molar-refractivity contribution is -0.120. The zero-order chi connectivity index (χ0) is 12.3. The van der Waals surface area contributed by atoms with Gasteiger partial charge in [0.15, 0.2) is 0 Å². The molecular formula is C13H15N3O. The fourth-order valence-electron chi connectivity index (χ4n) is 2.01. The second-order valence-corrected chi connectivity index (χ2v) is 4.22. The largest absolute Gasteiger partial charge is 0.368 e. The maximum atomic E-state index is 11.3. The lowest BCUT2D eigenvalue weighted by atomic mass is 10.1. The number of anilines is 1. The van der Waals surface area contributed by atoms with Gasteiger partial charge >= 0.3 is 0 Å². The van der Waals surface area contributed by atoms with Crippen molar-refractivity contribution in [3.8, 4) is 6.07 Å². The van der Waals surface area contributed by atoms with Crippen molar-refractivity contribution in [2.75, 3.05) is 24.5 Å². The van der Waals surface area contributed by atoms with Gasteiger partial charge in [0.1, 0.15) is 6.07 Å². The summed E-state index contributed by atoms with van der Waals surface area (Å²) in [6.45, 7) is 4.07. The molecule has 4 nitrogen and oxygen atoms in total. The summed E-state index contributed by atoms with van der Waals surface area (Å²) in [6.07, 6.45) is 0.485. The maximum absolute atomic E-state index is 11.3. The number of hydrogen-bond donors (Lipinski definition) is 1. The molecule has 2 rings (SSSR count). The Bertz CT molecular complexity index is 476. The van der Waals surface area contributed by atoms with Crippen molar-refractivity contribution in [1.29, 1.82) is 5.26 Å². The number of benzene rings is 1. The van der Waals surface area contributed by atoms with Gasteiger partial charge < -0.3 is 10.2 Å². The summed E-state index contributed by atoms with van der Waals surface area (Å²) in [5, 5.41) is 11.9. The zero-order valence-electron chi connectivity index (χ0n) is 9.86. The predicted molar refractivity (Wildman–Crippen MR) is 65.7 cm³/mol. The lowest BCUT2D eigenvalue weighted by Gasteiger charge is -2.23. The van der Waals surface area contributed by atoms with E-state index >= 15 is 0 Å². The Morgan fingerprint density at radius 1 is 1.41 bits per heavy atom. The van der Waals surface area contributed by atoms with Crippen LogP contribution in [0, 0.1) is 18.3 Å². The predicted octanol–water partition coefficient (Wildman–Crippen LogP) is 1.19. The van der Waals surface area contributed by atoms with Gasteiger partial charge in [0.05, 0.1) is 11.3 Å². The molecule has 1 saturated heterocycles. The first-order valence-corrected chi connectivity index (χ1v) is 5.73. The number of aryl methyl sites for hydroxylation is 1. The van der Waals surface area contributed by atoms with E-state index in [1.54, 1.807) is 0 Å². The van der Waals surface area contributed by atoms with E-state index < -0.39 is 0 Å². The lowest BCUT2D eigenvalue weighted by Crippen LogP contribution is -2.28. The molecular weight excluding hydrogens is 214 g/mol. The minimum atomic E-state index is 0.0821. The molecule has 1 aliphatic heterocycles. The topological polar surface area (TPSA) is 56.1 Å². The summed E-state index contributed by atoms with van der Waals surface area (Å²) in [7, 11) is 0. The molecule has 0 spiro atoms. The van der Waals surface area contributed by atoms with Gasteiger partial charge in [0.25, 0.3) is 0 Å². The molecule has 88 valence electrons. The molecule has 4 heteroatoms. The Morgan fingerprint density at radius 2 is 2.24 bits per heavy atom. The number of nitrogens with zero attached hydrogens (tertiary/aromatic N) is 2. The van der Waals surface area contributed by atoms with E-state index in [0.29, 0.717) is 25.1 Å². The van der Waals surface area contributed by atoms with Gasteiger partial charge in [0, 0.05) is 26.1 Å². The highest BCUT2D eigenvalue weighted by atomic mass is 16.1. The highest BCUT2D eigenvalue weighted by Gasteiger charge is 2.16. The third kappa shape index (κ3) is 2.56. The van der Waals surface area contributed by atoms with Gasteiger partial charge in [0.2, 0.25) is 5.91 Å². The first-order valence-electron chi connectivity index (χ1n) is 5.73. The Kier molecular flexibility index (Phi) is 3.29. The van der Waals surface area contributed by atoms with Crippen molar-refractivity contribution in [3.63, 3.8) is 0 Å². The van der Waals surface area contributed by atoms with Gasteiger partial charge in [-0.1, -0.05) is 6.07 Å². The molecule has 1 amide bonds. The average molecular weight is 229 g/mol. The van der Waals surface area contributed by atoms with Crippen LogP contribution in [-0.2, 0) is 4.79 Å². The summed E-state index contributed by atoms with van der Waals surface area (Å²) >= 11 is 0. The van der Waals surface area contributed by atoms with Gasteiger partial charge in [-0.2, -0.15) is 5.26 Å². The molecule has 0 unspecified atom stereocenters. The Balaban J connectivity index is 2.29. The van der Waals surface area contributed by atoms with Gasteiger partial charge in [-0.15, -0.1) is 0 Å². The molecule has 0 atom stereocenters. The Morgan fingerprint density at radius 3 is 3.00 bits per heavy atom. The SMILES string of the molecule is Cc1ccc(C#N)c(N2CCNC(=O)CC2)c1. The van der Waals surface area contributed by atoms with Crippen LogP contribution >= 0.6 is 0 Å². The second kappa shape index (κ2) is 4.88. The van der Waals surface area contributed by atoms with Crippen molar-refractivity contribution >= 4 is 11.6 Å². The standard InChI is InChI=1S/C13H15N3O/c1-10-2-3-11(9-14)12(8-10)16-6-4-13(17)15-5-7-16/h2-3,8H,4-7H2,1H3,(H,15,17). The molecule has 0 bridgehead atoms. The first kappa shape index (κ1) is 11.5. The van der Waals surface area contributed by atoms with E-state index in [-0.39, 0.29) is 5.91 Å². The average Bonchev–Trinajstić information content (AvgIpc) is 2.54. The van der Waals surface area contributed by atoms with Crippen molar-refractivity contribution in [2.45, 2.75) is 13.3 Å². The van der Waals surface area contributed by atoms with Crippen LogP contribution in [0.2, 0.25) is 0 Å². The monoisotopic (exact) mass is 229 g/mol. The number of carbonyl (C=O) groups excluding carboxylic acids is 1. The molecule has 17 heavy (non-hydrogen) atoms. The molecule has 0 aromatic heterocycles. The number of nitrogens with one attached hydrogen (secondary N) is 1. The summed E-state index contributed by atoms with van der Waals surface area (Å²) in [5.74, 6) is 0.0821. The van der Waals surface area contributed by atoms with Crippen molar-refractivity contribution in [1.82, 2.24) is 5.32 Å². The van der Waals surface area contributed by atoms with Crippen LogP contribution in [0.4, 0.5) is 5.69 Å². The van der Waals surface area contributed by atoms with Crippen LogP contribution in [-0.4, -0.2) is 25.5 Å². The van der Waals surface area contributed by atoms with Crippen LogP contribution < -0.4 is 10.2 Å². The van der Waals surface area contributed by atoms with Crippen molar-refractivity contribution in [3.05, 3.63) is 29.3 Å². The van der Waals surface area contributed by atoms with Gasteiger partial charge in [-0.3, -0.25) is 4.79 Å². The summed E-state index contributed by atoms with van der Waals surface area (Å²) in [6, 6.07) is 7.98. The van der Waals surface area contributed by atoms with Crippen LogP contribution in [0.1, 0.15) is 17.5 Å². The molecule has 0 saturated carbocycles.